The van der Waals surface area contributed by atoms with Crippen molar-refractivity contribution >= 4 is 12.0 Å². The SMILES string of the molecule is O=C(C=Cc1ccco1)NCc1ccc(Oc2ccccc2)cc1. The summed E-state index contributed by atoms with van der Waals surface area (Å²) in [5, 5.41) is 2.82. The van der Waals surface area contributed by atoms with E-state index in [1.165, 1.54) is 6.08 Å². The molecule has 0 aliphatic rings. The van der Waals surface area contributed by atoms with E-state index in [1.54, 1.807) is 24.5 Å². The number of amides is 1. The molecule has 0 fully saturated rings. The first kappa shape index (κ1) is 15.6. The van der Waals surface area contributed by atoms with Crippen molar-refractivity contribution < 1.29 is 13.9 Å². The van der Waals surface area contributed by atoms with Gasteiger partial charge in [-0.05, 0) is 48.0 Å². The van der Waals surface area contributed by atoms with Crippen LogP contribution in [0.5, 0.6) is 11.5 Å². The average Bonchev–Trinajstić information content (AvgIpc) is 3.14. The molecule has 2 aromatic carbocycles. The van der Waals surface area contributed by atoms with Gasteiger partial charge in [-0.2, -0.15) is 0 Å². The monoisotopic (exact) mass is 319 g/mol. The van der Waals surface area contributed by atoms with Gasteiger partial charge in [0.25, 0.3) is 0 Å². The van der Waals surface area contributed by atoms with Crippen molar-refractivity contribution in [3.8, 4) is 11.5 Å². The van der Waals surface area contributed by atoms with Crippen molar-refractivity contribution in [2.24, 2.45) is 0 Å². The molecule has 24 heavy (non-hydrogen) atoms. The van der Waals surface area contributed by atoms with E-state index in [1.807, 2.05) is 54.6 Å². The zero-order valence-corrected chi connectivity index (χ0v) is 13.0. The Balaban J connectivity index is 1.50. The van der Waals surface area contributed by atoms with Gasteiger partial charge < -0.3 is 14.5 Å². The van der Waals surface area contributed by atoms with Crippen LogP contribution in [-0.2, 0) is 11.3 Å². The Hall–Kier alpha value is -3.27. The van der Waals surface area contributed by atoms with Gasteiger partial charge in [0.1, 0.15) is 17.3 Å². The number of benzene rings is 2. The Morgan fingerprint density at radius 3 is 2.42 bits per heavy atom. The molecule has 0 spiro atoms. The Morgan fingerprint density at radius 2 is 1.71 bits per heavy atom. The second-order valence-electron chi connectivity index (χ2n) is 5.13. The Kier molecular flexibility index (Phi) is 5.10. The van der Waals surface area contributed by atoms with Crippen molar-refractivity contribution in [3.05, 3.63) is 90.4 Å². The van der Waals surface area contributed by atoms with Crippen LogP contribution in [0.1, 0.15) is 11.3 Å². The van der Waals surface area contributed by atoms with E-state index in [9.17, 15) is 4.79 Å². The fourth-order valence-corrected chi connectivity index (χ4v) is 2.09. The molecule has 3 aromatic rings. The summed E-state index contributed by atoms with van der Waals surface area (Å²) in [6, 6.07) is 20.8. The molecule has 0 unspecified atom stereocenters. The summed E-state index contributed by atoms with van der Waals surface area (Å²) in [5.41, 5.74) is 0.996. The second kappa shape index (κ2) is 7.83. The van der Waals surface area contributed by atoms with Crippen LogP contribution in [0.25, 0.3) is 6.08 Å². The van der Waals surface area contributed by atoms with E-state index in [2.05, 4.69) is 5.32 Å². The summed E-state index contributed by atoms with van der Waals surface area (Å²) < 4.78 is 10.9. The number of hydrogen-bond donors (Lipinski definition) is 1. The lowest BCUT2D eigenvalue weighted by Crippen LogP contribution is -2.20. The van der Waals surface area contributed by atoms with E-state index in [0.717, 1.165) is 17.1 Å². The number of nitrogens with one attached hydrogen (secondary N) is 1. The Morgan fingerprint density at radius 1 is 0.958 bits per heavy atom. The molecule has 1 amide bonds. The minimum Gasteiger partial charge on any atom is -0.465 e. The number of ether oxygens (including phenoxy) is 1. The first-order valence-corrected chi connectivity index (χ1v) is 7.61. The van der Waals surface area contributed by atoms with Gasteiger partial charge >= 0.3 is 0 Å². The summed E-state index contributed by atoms with van der Waals surface area (Å²) in [5.74, 6) is 2.03. The smallest absolute Gasteiger partial charge is 0.244 e. The third-order valence-corrected chi connectivity index (χ3v) is 3.31. The maximum absolute atomic E-state index is 11.8. The predicted molar refractivity (Wildman–Crippen MR) is 92.5 cm³/mol. The van der Waals surface area contributed by atoms with Crippen LogP contribution in [0.3, 0.4) is 0 Å². The van der Waals surface area contributed by atoms with Gasteiger partial charge in [0.05, 0.1) is 6.26 Å². The van der Waals surface area contributed by atoms with Gasteiger partial charge in [-0.1, -0.05) is 30.3 Å². The van der Waals surface area contributed by atoms with Crippen molar-refractivity contribution in [3.63, 3.8) is 0 Å². The molecule has 4 heteroatoms. The number of rotatable bonds is 6. The molecule has 0 bridgehead atoms. The molecule has 120 valence electrons. The van der Waals surface area contributed by atoms with Crippen LogP contribution in [-0.4, -0.2) is 5.91 Å². The fourth-order valence-electron chi connectivity index (χ4n) is 2.09. The summed E-state index contributed by atoms with van der Waals surface area (Å²) in [6.07, 6.45) is 4.65. The summed E-state index contributed by atoms with van der Waals surface area (Å²) in [7, 11) is 0. The quantitative estimate of drug-likeness (QED) is 0.685. The Labute approximate surface area is 140 Å². The van der Waals surface area contributed by atoms with Crippen molar-refractivity contribution in [1.82, 2.24) is 5.32 Å². The number of carbonyl (C=O) groups excluding carboxylic acids is 1. The summed E-state index contributed by atoms with van der Waals surface area (Å²) >= 11 is 0. The van der Waals surface area contributed by atoms with Crippen LogP contribution in [0.4, 0.5) is 0 Å². The van der Waals surface area contributed by atoms with E-state index >= 15 is 0 Å². The van der Waals surface area contributed by atoms with Crippen LogP contribution >= 0.6 is 0 Å². The van der Waals surface area contributed by atoms with Crippen molar-refractivity contribution in [2.75, 3.05) is 0 Å². The maximum Gasteiger partial charge on any atom is 0.244 e. The standard InChI is InChI=1S/C20H17NO3/c22-20(13-12-17-7-4-14-23-17)21-15-16-8-10-19(11-9-16)24-18-5-2-1-3-6-18/h1-14H,15H2,(H,21,22). The molecule has 4 nitrogen and oxygen atoms in total. The molecule has 0 saturated carbocycles. The molecule has 1 aromatic heterocycles. The highest BCUT2D eigenvalue weighted by molar-refractivity contribution is 5.91. The zero-order valence-electron chi connectivity index (χ0n) is 13.0. The maximum atomic E-state index is 11.8. The van der Waals surface area contributed by atoms with E-state index in [-0.39, 0.29) is 5.91 Å². The average molecular weight is 319 g/mol. The summed E-state index contributed by atoms with van der Waals surface area (Å²) in [4.78, 5) is 11.8. The number of para-hydroxylation sites is 1. The van der Waals surface area contributed by atoms with Gasteiger partial charge in [0.15, 0.2) is 0 Å². The van der Waals surface area contributed by atoms with E-state index in [4.69, 9.17) is 9.15 Å². The fraction of sp³-hybridized carbons (Fsp3) is 0.0500. The largest absolute Gasteiger partial charge is 0.465 e. The first-order chi connectivity index (χ1) is 11.8. The molecule has 0 atom stereocenters. The number of carbonyl (C=O) groups is 1. The molecular formula is C20H17NO3. The van der Waals surface area contributed by atoms with Gasteiger partial charge in [-0.25, -0.2) is 0 Å². The van der Waals surface area contributed by atoms with Crippen molar-refractivity contribution in [1.29, 1.82) is 0 Å². The van der Waals surface area contributed by atoms with Gasteiger partial charge in [-0.3, -0.25) is 4.79 Å². The topological polar surface area (TPSA) is 51.5 Å². The van der Waals surface area contributed by atoms with Crippen LogP contribution in [0.2, 0.25) is 0 Å². The van der Waals surface area contributed by atoms with Gasteiger partial charge in [0, 0.05) is 12.6 Å². The minimum absolute atomic E-state index is 0.170. The zero-order chi connectivity index (χ0) is 16.6. The van der Waals surface area contributed by atoms with Crippen LogP contribution in [0.15, 0.2) is 83.5 Å². The number of furan rings is 1. The highest BCUT2D eigenvalue weighted by atomic mass is 16.5. The lowest BCUT2D eigenvalue weighted by atomic mass is 10.2. The van der Waals surface area contributed by atoms with E-state index < -0.39 is 0 Å². The first-order valence-electron chi connectivity index (χ1n) is 7.61. The molecular weight excluding hydrogens is 302 g/mol. The lowest BCUT2D eigenvalue weighted by molar-refractivity contribution is -0.116. The van der Waals surface area contributed by atoms with Crippen molar-refractivity contribution in [2.45, 2.75) is 6.54 Å². The van der Waals surface area contributed by atoms with Gasteiger partial charge in [-0.15, -0.1) is 0 Å². The molecule has 0 saturated heterocycles. The predicted octanol–water partition coefficient (Wildman–Crippen LogP) is 4.40. The van der Waals surface area contributed by atoms with Crippen LogP contribution < -0.4 is 10.1 Å². The van der Waals surface area contributed by atoms with E-state index in [0.29, 0.717) is 12.3 Å². The number of hydrogen-bond acceptors (Lipinski definition) is 3. The molecule has 1 N–H and O–H groups in total. The molecule has 0 aliphatic heterocycles. The molecule has 0 aliphatic carbocycles. The van der Waals surface area contributed by atoms with Gasteiger partial charge in [0.2, 0.25) is 5.91 Å². The third kappa shape index (κ3) is 4.61. The second-order valence-corrected chi connectivity index (χ2v) is 5.13. The minimum atomic E-state index is -0.170. The summed E-state index contributed by atoms with van der Waals surface area (Å²) in [6.45, 7) is 0.451. The molecule has 3 rings (SSSR count). The highest BCUT2D eigenvalue weighted by Crippen LogP contribution is 2.21. The Bertz CT molecular complexity index is 791. The highest BCUT2D eigenvalue weighted by Gasteiger charge is 2.00. The van der Waals surface area contributed by atoms with Crippen LogP contribution in [0, 0.1) is 0 Å². The molecule has 0 radical (unpaired) electrons. The third-order valence-electron chi connectivity index (χ3n) is 3.31. The lowest BCUT2D eigenvalue weighted by Gasteiger charge is -2.07. The molecule has 1 heterocycles. The normalized spacial score (nSPS) is 10.7.